The van der Waals surface area contributed by atoms with E-state index in [4.69, 9.17) is 23.2 Å². The van der Waals surface area contributed by atoms with Gasteiger partial charge in [-0.3, -0.25) is 9.59 Å². The Balaban J connectivity index is 1.43. The minimum absolute atomic E-state index is 0.121. The third kappa shape index (κ3) is 3.65. The average Bonchev–Trinajstić information content (AvgIpc) is 3.14. The zero-order valence-electron chi connectivity index (χ0n) is 15.3. The molecular formula is C21H19Cl2N3O2. The maximum absolute atomic E-state index is 12.7. The number of aromatic amines is 1. The Bertz CT molecular complexity index is 1060. The average molecular weight is 416 g/mol. The first kappa shape index (κ1) is 19.0. The van der Waals surface area contributed by atoms with Gasteiger partial charge in [0.15, 0.2) is 0 Å². The summed E-state index contributed by atoms with van der Waals surface area (Å²) in [6, 6.07) is 10.4. The van der Waals surface area contributed by atoms with Crippen LogP contribution in [0.3, 0.4) is 0 Å². The highest BCUT2D eigenvalue weighted by atomic mass is 35.5. The van der Waals surface area contributed by atoms with E-state index in [1.807, 2.05) is 6.20 Å². The van der Waals surface area contributed by atoms with E-state index in [9.17, 15) is 9.59 Å². The van der Waals surface area contributed by atoms with E-state index in [1.54, 1.807) is 18.2 Å². The fourth-order valence-corrected chi connectivity index (χ4v) is 4.13. The maximum Gasteiger partial charge on any atom is 0.251 e. The van der Waals surface area contributed by atoms with Crippen LogP contribution in [0.4, 0.5) is 5.69 Å². The zero-order valence-corrected chi connectivity index (χ0v) is 16.8. The molecule has 144 valence electrons. The second kappa shape index (κ2) is 7.59. The van der Waals surface area contributed by atoms with Crippen LogP contribution in [0.1, 0.15) is 17.5 Å². The van der Waals surface area contributed by atoms with Gasteiger partial charge >= 0.3 is 0 Å². The van der Waals surface area contributed by atoms with Gasteiger partial charge in [0.05, 0.1) is 18.2 Å². The molecule has 28 heavy (non-hydrogen) atoms. The number of H-pyrrole nitrogens is 1. The third-order valence-electron chi connectivity index (χ3n) is 4.96. The molecule has 0 radical (unpaired) electrons. The summed E-state index contributed by atoms with van der Waals surface area (Å²) in [6.07, 6.45) is 2.87. The number of fused-ring (bicyclic) bond motifs is 1. The van der Waals surface area contributed by atoms with Gasteiger partial charge in [-0.2, -0.15) is 0 Å². The van der Waals surface area contributed by atoms with E-state index >= 15 is 0 Å². The quantitative estimate of drug-likeness (QED) is 0.612. The fraction of sp³-hybridized carbons (Fsp3) is 0.238. The van der Waals surface area contributed by atoms with Crippen LogP contribution in [0.25, 0.3) is 10.9 Å². The number of aromatic nitrogens is 1. The summed E-state index contributed by atoms with van der Waals surface area (Å²) in [4.78, 5) is 29.6. The maximum atomic E-state index is 12.7. The van der Waals surface area contributed by atoms with Crippen LogP contribution in [0, 0.1) is 6.92 Å². The normalized spacial score (nSPS) is 17.1. The Labute approximate surface area is 172 Å². The third-order valence-corrected chi connectivity index (χ3v) is 5.40. The Morgan fingerprint density at radius 3 is 2.64 bits per heavy atom. The van der Waals surface area contributed by atoms with Crippen molar-refractivity contribution >= 4 is 51.6 Å². The van der Waals surface area contributed by atoms with E-state index in [2.05, 4.69) is 35.4 Å². The number of nitrogens with zero attached hydrogens (tertiary/aromatic N) is 1. The molecule has 0 aliphatic carbocycles. The summed E-state index contributed by atoms with van der Waals surface area (Å²) in [6.45, 7) is 2.66. The van der Waals surface area contributed by atoms with Crippen molar-refractivity contribution in [2.24, 2.45) is 0 Å². The predicted molar refractivity (Wildman–Crippen MR) is 112 cm³/mol. The second-order valence-electron chi connectivity index (χ2n) is 7.02. The molecule has 1 aromatic heterocycles. The molecule has 0 bridgehead atoms. The van der Waals surface area contributed by atoms with Crippen LogP contribution in [0.15, 0.2) is 42.6 Å². The van der Waals surface area contributed by atoms with Gasteiger partial charge < -0.3 is 10.3 Å². The molecule has 0 saturated carbocycles. The largest absolute Gasteiger partial charge is 0.361 e. The Morgan fingerprint density at radius 2 is 1.89 bits per heavy atom. The second-order valence-corrected chi connectivity index (χ2v) is 7.89. The van der Waals surface area contributed by atoms with Crippen LogP contribution in [-0.2, 0) is 16.0 Å². The number of nitrogens with one attached hydrogen (secondary N) is 2. The summed E-state index contributed by atoms with van der Waals surface area (Å²) in [5.41, 5.74) is 3.88. The van der Waals surface area contributed by atoms with Crippen molar-refractivity contribution in [3.8, 4) is 0 Å². The highest BCUT2D eigenvalue weighted by Crippen LogP contribution is 2.29. The molecule has 4 rings (SSSR count). The number of aryl methyl sites for hydroxylation is 1. The van der Waals surface area contributed by atoms with E-state index in [1.165, 1.54) is 16.5 Å². The highest BCUT2D eigenvalue weighted by molar-refractivity contribution is 6.35. The molecule has 2 aromatic carbocycles. The van der Waals surface area contributed by atoms with Crippen molar-refractivity contribution in [3.63, 3.8) is 0 Å². The highest BCUT2D eigenvalue weighted by Gasteiger charge is 2.39. The number of anilines is 1. The molecule has 1 fully saturated rings. The monoisotopic (exact) mass is 415 g/mol. The molecule has 7 heteroatoms. The van der Waals surface area contributed by atoms with Gasteiger partial charge in [-0.25, -0.2) is 4.90 Å². The van der Waals surface area contributed by atoms with Crippen LogP contribution < -0.4 is 10.2 Å². The van der Waals surface area contributed by atoms with Gasteiger partial charge in [0, 0.05) is 33.7 Å². The number of benzene rings is 2. The molecule has 2 amide bonds. The lowest BCUT2D eigenvalue weighted by atomic mass is 10.1. The summed E-state index contributed by atoms with van der Waals surface area (Å²) in [5.74, 6) is -0.540. The predicted octanol–water partition coefficient (Wildman–Crippen LogP) is 4.25. The lowest BCUT2D eigenvalue weighted by Crippen LogP contribution is -2.39. The van der Waals surface area contributed by atoms with E-state index in [0.717, 1.165) is 16.8 Å². The summed E-state index contributed by atoms with van der Waals surface area (Å²) < 4.78 is 0. The molecule has 1 aliphatic heterocycles. The van der Waals surface area contributed by atoms with Gasteiger partial charge in [0.1, 0.15) is 0 Å². The van der Waals surface area contributed by atoms with Crippen molar-refractivity contribution in [1.82, 2.24) is 10.3 Å². The molecule has 0 unspecified atom stereocenters. The Morgan fingerprint density at radius 1 is 1.14 bits per heavy atom. The smallest absolute Gasteiger partial charge is 0.251 e. The number of halogens is 2. The number of hydrogen-bond donors (Lipinski definition) is 2. The molecular weight excluding hydrogens is 397 g/mol. The number of amides is 2. The molecule has 5 nitrogen and oxygen atoms in total. The Kier molecular flexibility index (Phi) is 5.15. The van der Waals surface area contributed by atoms with Gasteiger partial charge in [-0.15, -0.1) is 0 Å². The first-order valence-corrected chi connectivity index (χ1v) is 9.81. The zero-order chi connectivity index (χ0) is 19.8. The molecule has 1 saturated heterocycles. The number of rotatable bonds is 5. The minimum Gasteiger partial charge on any atom is -0.361 e. The van der Waals surface area contributed by atoms with Gasteiger partial charge in [-0.05, 0) is 49.2 Å². The number of imide groups is 1. The van der Waals surface area contributed by atoms with Gasteiger partial charge in [0.25, 0.3) is 5.91 Å². The summed E-state index contributed by atoms with van der Waals surface area (Å²) in [5, 5.41) is 5.17. The fourth-order valence-electron chi connectivity index (χ4n) is 3.61. The van der Waals surface area contributed by atoms with E-state index in [-0.39, 0.29) is 18.2 Å². The van der Waals surface area contributed by atoms with Gasteiger partial charge in [-0.1, -0.05) is 34.8 Å². The van der Waals surface area contributed by atoms with Crippen molar-refractivity contribution in [2.45, 2.75) is 25.8 Å². The lowest BCUT2D eigenvalue weighted by molar-refractivity contribution is -0.121. The van der Waals surface area contributed by atoms with E-state index < -0.39 is 6.04 Å². The van der Waals surface area contributed by atoms with E-state index in [0.29, 0.717) is 22.3 Å². The molecule has 3 aromatic rings. The lowest BCUT2D eigenvalue weighted by Gasteiger charge is -2.16. The Hall–Kier alpha value is -2.34. The summed E-state index contributed by atoms with van der Waals surface area (Å²) >= 11 is 12.0. The van der Waals surface area contributed by atoms with Crippen molar-refractivity contribution in [1.29, 1.82) is 0 Å². The minimum atomic E-state index is -0.544. The van der Waals surface area contributed by atoms with Crippen LogP contribution in [0.5, 0.6) is 0 Å². The van der Waals surface area contributed by atoms with Gasteiger partial charge in [0.2, 0.25) is 5.91 Å². The van der Waals surface area contributed by atoms with Crippen LogP contribution in [-0.4, -0.2) is 29.4 Å². The van der Waals surface area contributed by atoms with Crippen LogP contribution >= 0.6 is 23.2 Å². The van der Waals surface area contributed by atoms with Crippen molar-refractivity contribution < 1.29 is 9.59 Å². The number of carbonyl (C=O) groups excluding carboxylic acids is 2. The SMILES string of the molecule is Cc1ccc2[nH]cc(CCN[C@H]3CC(=O)N(c4cc(Cl)cc(Cl)c4)C3=O)c2c1. The molecule has 1 aliphatic rings. The molecule has 2 N–H and O–H groups in total. The van der Waals surface area contributed by atoms with Crippen molar-refractivity contribution in [3.05, 3.63) is 63.8 Å². The standard InChI is InChI=1S/C21H19Cl2N3O2/c1-12-2-3-18-17(6-12)13(11-25-18)4-5-24-19-10-20(27)26(21(19)28)16-8-14(22)7-15(23)9-16/h2-3,6-9,11,19,24-25H,4-5,10H2,1H3/t19-/m0/s1. The molecule has 2 heterocycles. The number of hydrogen-bond acceptors (Lipinski definition) is 3. The molecule has 0 spiro atoms. The van der Waals surface area contributed by atoms with Crippen LogP contribution in [0.2, 0.25) is 10.0 Å². The van der Waals surface area contributed by atoms with Crippen molar-refractivity contribution in [2.75, 3.05) is 11.4 Å². The topological polar surface area (TPSA) is 65.2 Å². The number of carbonyl (C=O) groups is 2. The molecule has 1 atom stereocenters. The first-order chi connectivity index (χ1) is 13.4. The first-order valence-electron chi connectivity index (χ1n) is 9.05. The summed E-state index contributed by atoms with van der Waals surface area (Å²) in [7, 11) is 0.